The summed E-state index contributed by atoms with van der Waals surface area (Å²) in [6, 6.07) is 44.5. The number of halogens is 1. The minimum absolute atomic E-state index is 0. The van der Waals surface area contributed by atoms with E-state index in [2.05, 4.69) is 121 Å². The quantitative estimate of drug-likeness (QED) is 0.304. The van der Waals surface area contributed by atoms with E-state index in [0.29, 0.717) is 0 Å². The molecule has 0 nitrogen and oxygen atoms in total. The van der Waals surface area contributed by atoms with Gasteiger partial charge in [-0.2, -0.15) is 0 Å². The first-order valence-electron chi connectivity index (χ1n) is 8.54. The Morgan fingerprint density at radius 3 is 0.692 bits per heavy atom. The first-order valence-corrected chi connectivity index (χ1v) is 15.0. The maximum atomic E-state index is 2.32. The van der Waals surface area contributed by atoms with E-state index < -0.39 is 17.1 Å². The molecule has 0 heterocycles. The zero-order valence-electron chi connectivity index (χ0n) is 14.4. The van der Waals surface area contributed by atoms with Crippen LogP contribution in [0.1, 0.15) is 0 Å². The summed E-state index contributed by atoms with van der Waals surface area (Å²) in [5, 5.41) is 0. The molecule has 0 aliphatic carbocycles. The molecule has 0 radical (unpaired) electrons. The summed E-state index contributed by atoms with van der Waals surface area (Å²) >= 11 is -3.38. The van der Waals surface area contributed by atoms with E-state index in [0.717, 1.165) is 0 Å². The SMILES string of the molecule is I.c1cc[c]([Ta]([c]2ccccc2)([c]2ccccc2)[c]2ccccc2)cc1. The van der Waals surface area contributed by atoms with Crippen LogP contribution in [0.15, 0.2) is 121 Å². The molecule has 0 fully saturated rings. The predicted molar refractivity (Wildman–Crippen MR) is 120 cm³/mol. The Balaban J connectivity index is 0.00000196. The van der Waals surface area contributed by atoms with Gasteiger partial charge in [-0.15, -0.1) is 24.0 Å². The molecule has 26 heavy (non-hydrogen) atoms. The van der Waals surface area contributed by atoms with Crippen LogP contribution in [-0.2, 0) is 17.1 Å². The Morgan fingerprint density at radius 2 is 0.500 bits per heavy atom. The fourth-order valence-corrected chi connectivity index (χ4v) is 18.8. The van der Waals surface area contributed by atoms with E-state index in [1.165, 1.54) is 15.1 Å². The summed E-state index contributed by atoms with van der Waals surface area (Å²) in [7, 11) is 0. The van der Waals surface area contributed by atoms with Crippen molar-refractivity contribution in [3.63, 3.8) is 0 Å². The molecule has 0 bridgehead atoms. The summed E-state index contributed by atoms with van der Waals surface area (Å²) in [6.45, 7) is 0. The van der Waals surface area contributed by atoms with Crippen LogP contribution < -0.4 is 15.1 Å². The summed E-state index contributed by atoms with van der Waals surface area (Å²) < 4.78 is 5.97. The molecule has 4 aromatic rings. The molecular formula is C24H21ITa. The van der Waals surface area contributed by atoms with Crippen molar-refractivity contribution in [3.05, 3.63) is 121 Å². The van der Waals surface area contributed by atoms with Gasteiger partial charge in [-0.3, -0.25) is 0 Å². The van der Waals surface area contributed by atoms with Gasteiger partial charge in [0.25, 0.3) is 0 Å². The van der Waals surface area contributed by atoms with Gasteiger partial charge in [0.2, 0.25) is 0 Å². The average Bonchev–Trinajstić information content (AvgIpc) is 2.72. The van der Waals surface area contributed by atoms with Crippen molar-refractivity contribution in [2.45, 2.75) is 0 Å². The summed E-state index contributed by atoms with van der Waals surface area (Å²) in [5.74, 6) is 0. The number of hydrogen-bond donors (Lipinski definition) is 0. The van der Waals surface area contributed by atoms with Crippen molar-refractivity contribution >= 4 is 39.1 Å². The fraction of sp³-hybridized carbons (Fsp3) is 0. The van der Waals surface area contributed by atoms with Crippen LogP contribution in [0, 0.1) is 0 Å². The van der Waals surface area contributed by atoms with Gasteiger partial charge in [0.05, 0.1) is 0 Å². The van der Waals surface area contributed by atoms with Gasteiger partial charge in [-0.1, -0.05) is 0 Å². The van der Waals surface area contributed by atoms with Gasteiger partial charge >= 0.3 is 154 Å². The zero-order valence-corrected chi connectivity index (χ0v) is 19.9. The molecule has 4 aromatic carbocycles. The number of rotatable bonds is 4. The van der Waals surface area contributed by atoms with Gasteiger partial charge in [-0.25, -0.2) is 0 Å². The Kier molecular flexibility index (Phi) is 6.49. The first kappa shape index (κ1) is 19.1. The Morgan fingerprint density at radius 1 is 0.308 bits per heavy atom. The predicted octanol–water partition coefficient (Wildman–Crippen LogP) is 4.06. The molecule has 0 aliphatic heterocycles. The van der Waals surface area contributed by atoms with Crippen molar-refractivity contribution in [1.29, 1.82) is 0 Å². The van der Waals surface area contributed by atoms with Crippen LogP contribution in [0.2, 0.25) is 0 Å². The molecule has 0 N–H and O–H groups in total. The Bertz CT molecular complexity index is 759. The van der Waals surface area contributed by atoms with Crippen LogP contribution in [0.5, 0.6) is 0 Å². The van der Waals surface area contributed by atoms with Crippen LogP contribution >= 0.6 is 24.0 Å². The second kappa shape index (κ2) is 8.83. The van der Waals surface area contributed by atoms with Crippen LogP contribution in [0.3, 0.4) is 0 Å². The van der Waals surface area contributed by atoms with Crippen LogP contribution in [0.4, 0.5) is 0 Å². The molecule has 0 aliphatic rings. The second-order valence-corrected chi connectivity index (χ2v) is 18.3. The third-order valence-electron chi connectivity index (χ3n) is 4.57. The standard InChI is InChI=1S/4C6H5.HI.Ta/c4*1-2-4-6-5-3-1;;/h4*1-5H;1H;. The van der Waals surface area contributed by atoms with Crippen molar-refractivity contribution < 1.29 is 17.1 Å². The Hall–Kier alpha value is -1.65. The van der Waals surface area contributed by atoms with E-state index in [1.54, 1.807) is 0 Å². The normalized spacial score (nSPS) is 10.8. The van der Waals surface area contributed by atoms with Gasteiger partial charge in [0, 0.05) is 0 Å². The molecule has 0 saturated heterocycles. The molecule has 129 valence electrons. The Labute approximate surface area is 176 Å². The van der Waals surface area contributed by atoms with Crippen molar-refractivity contribution in [1.82, 2.24) is 0 Å². The van der Waals surface area contributed by atoms with E-state index in [9.17, 15) is 0 Å². The molecule has 0 unspecified atom stereocenters. The van der Waals surface area contributed by atoms with E-state index in [1.807, 2.05) is 0 Å². The molecule has 0 atom stereocenters. The van der Waals surface area contributed by atoms with Gasteiger partial charge in [0.1, 0.15) is 0 Å². The fourth-order valence-electron chi connectivity index (χ4n) is 3.50. The first-order chi connectivity index (χ1) is 12.4. The minimum atomic E-state index is -3.38. The van der Waals surface area contributed by atoms with Crippen LogP contribution in [0.25, 0.3) is 0 Å². The van der Waals surface area contributed by atoms with Gasteiger partial charge in [-0.05, 0) is 0 Å². The van der Waals surface area contributed by atoms with E-state index in [4.69, 9.17) is 0 Å². The van der Waals surface area contributed by atoms with E-state index in [-0.39, 0.29) is 24.0 Å². The molecule has 4 rings (SSSR count). The number of benzene rings is 4. The third kappa shape index (κ3) is 3.45. The molecule has 0 aromatic heterocycles. The van der Waals surface area contributed by atoms with Crippen LogP contribution in [-0.4, -0.2) is 0 Å². The summed E-state index contributed by atoms with van der Waals surface area (Å²) in [6.07, 6.45) is 0. The molecule has 0 amide bonds. The average molecular weight is 617 g/mol. The van der Waals surface area contributed by atoms with E-state index >= 15 is 0 Å². The van der Waals surface area contributed by atoms with Crippen molar-refractivity contribution in [2.24, 2.45) is 0 Å². The third-order valence-corrected chi connectivity index (χ3v) is 20.0. The van der Waals surface area contributed by atoms with Crippen molar-refractivity contribution in [3.8, 4) is 0 Å². The van der Waals surface area contributed by atoms with Crippen molar-refractivity contribution in [2.75, 3.05) is 0 Å². The van der Waals surface area contributed by atoms with Gasteiger partial charge in [0.15, 0.2) is 0 Å². The second-order valence-electron chi connectivity index (χ2n) is 6.01. The molecule has 0 saturated carbocycles. The monoisotopic (exact) mass is 617 g/mol. The topological polar surface area (TPSA) is 0 Å². The molecule has 0 spiro atoms. The summed E-state index contributed by atoms with van der Waals surface area (Å²) in [5.41, 5.74) is 0. The number of hydrogen-bond acceptors (Lipinski definition) is 0. The summed E-state index contributed by atoms with van der Waals surface area (Å²) in [4.78, 5) is 0. The molecule has 2 heteroatoms. The molecular weight excluding hydrogens is 596 g/mol. The van der Waals surface area contributed by atoms with Gasteiger partial charge < -0.3 is 0 Å². The maximum absolute atomic E-state index is 3.38. The zero-order chi connectivity index (χ0) is 17.0.